The van der Waals surface area contributed by atoms with Gasteiger partial charge in [-0.25, -0.2) is 0 Å². The summed E-state index contributed by atoms with van der Waals surface area (Å²) in [6.07, 6.45) is 4.97. The van der Waals surface area contributed by atoms with E-state index in [2.05, 4.69) is 66.0 Å². The molecule has 3 heteroatoms. The van der Waals surface area contributed by atoms with Crippen molar-refractivity contribution in [3.63, 3.8) is 0 Å². The number of unbranched alkanes of at least 4 members (excludes halogenated alkanes) is 2. The molecular formula is C16H27BrN2. The lowest BCUT2D eigenvalue weighted by Gasteiger charge is -2.38. The van der Waals surface area contributed by atoms with Crippen LogP contribution in [0.15, 0.2) is 28.7 Å². The Morgan fingerprint density at radius 2 is 1.95 bits per heavy atom. The van der Waals surface area contributed by atoms with Crippen LogP contribution in [0.5, 0.6) is 0 Å². The number of halogens is 1. The van der Waals surface area contributed by atoms with Gasteiger partial charge < -0.3 is 5.73 Å². The fourth-order valence-corrected chi connectivity index (χ4v) is 2.69. The molecule has 0 saturated heterocycles. The first kappa shape index (κ1) is 16.7. The molecule has 0 aliphatic heterocycles. The van der Waals surface area contributed by atoms with Gasteiger partial charge in [-0.05, 0) is 32.0 Å². The number of likely N-dealkylation sites (N-methyl/N-ethyl adjacent to an activating group) is 1. The molecule has 2 N–H and O–H groups in total. The van der Waals surface area contributed by atoms with Crippen LogP contribution in [-0.2, 0) is 6.54 Å². The van der Waals surface area contributed by atoms with Crippen LogP contribution in [0.25, 0.3) is 0 Å². The summed E-state index contributed by atoms with van der Waals surface area (Å²) in [6.45, 7) is 6.16. The second-order valence-corrected chi connectivity index (χ2v) is 6.46. The van der Waals surface area contributed by atoms with E-state index in [-0.39, 0.29) is 5.54 Å². The van der Waals surface area contributed by atoms with Crippen molar-refractivity contribution in [1.82, 2.24) is 4.90 Å². The topological polar surface area (TPSA) is 29.3 Å². The van der Waals surface area contributed by atoms with Crippen LogP contribution >= 0.6 is 15.9 Å². The highest BCUT2D eigenvalue weighted by Gasteiger charge is 2.27. The molecule has 0 aliphatic rings. The first-order valence-electron chi connectivity index (χ1n) is 7.18. The third kappa shape index (κ3) is 4.90. The Bertz CT molecular complexity index is 381. The van der Waals surface area contributed by atoms with Crippen LogP contribution in [0.4, 0.5) is 0 Å². The maximum Gasteiger partial charge on any atom is 0.0304 e. The maximum absolute atomic E-state index is 6.03. The Labute approximate surface area is 126 Å². The quantitative estimate of drug-likeness (QED) is 0.726. The molecule has 0 fully saturated rings. The SMILES string of the molecule is CCCCCC(C)(CN)N(C)Cc1ccccc1Br. The van der Waals surface area contributed by atoms with E-state index >= 15 is 0 Å². The molecule has 108 valence electrons. The Morgan fingerprint density at radius 3 is 2.53 bits per heavy atom. The molecule has 0 heterocycles. The molecule has 0 spiro atoms. The number of rotatable bonds is 8. The monoisotopic (exact) mass is 326 g/mol. The number of hydrogen-bond donors (Lipinski definition) is 1. The number of nitrogens with two attached hydrogens (primary N) is 1. The largest absolute Gasteiger partial charge is 0.329 e. The first-order valence-corrected chi connectivity index (χ1v) is 7.97. The zero-order chi connectivity index (χ0) is 14.3. The molecule has 1 aromatic carbocycles. The highest BCUT2D eigenvalue weighted by molar-refractivity contribution is 9.10. The van der Waals surface area contributed by atoms with Crippen LogP contribution in [0, 0.1) is 0 Å². The summed E-state index contributed by atoms with van der Waals surface area (Å²) in [5.74, 6) is 0. The van der Waals surface area contributed by atoms with Gasteiger partial charge in [-0.2, -0.15) is 0 Å². The highest BCUT2D eigenvalue weighted by atomic mass is 79.9. The van der Waals surface area contributed by atoms with Gasteiger partial charge in [0.25, 0.3) is 0 Å². The third-order valence-corrected chi connectivity index (χ3v) is 4.82. The van der Waals surface area contributed by atoms with Crippen LogP contribution in [0.1, 0.15) is 45.1 Å². The normalized spacial score (nSPS) is 14.6. The fraction of sp³-hybridized carbons (Fsp3) is 0.625. The van der Waals surface area contributed by atoms with E-state index in [1.54, 1.807) is 0 Å². The van der Waals surface area contributed by atoms with Crippen molar-refractivity contribution < 1.29 is 0 Å². The van der Waals surface area contributed by atoms with Crippen molar-refractivity contribution in [3.8, 4) is 0 Å². The zero-order valence-corrected chi connectivity index (χ0v) is 14.0. The first-order chi connectivity index (χ1) is 9.03. The minimum atomic E-state index is 0.0877. The molecule has 0 bridgehead atoms. The van der Waals surface area contributed by atoms with Crippen molar-refractivity contribution in [3.05, 3.63) is 34.3 Å². The summed E-state index contributed by atoms with van der Waals surface area (Å²) in [5, 5.41) is 0. The van der Waals surface area contributed by atoms with Crippen molar-refractivity contribution in [2.45, 2.75) is 51.6 Å². The molecule has 2 nitrogen and oxygen atoms in total. The van der Waals surface area contributed by atoms with Crippen LogP contribution in [0.2, 0.25) is 0 Å². The smallest absolute Gasteiger partial charge is 0.0304 e. The Hall–Kier alpha value is -0.380. The number of nitrogens with zero attached hydrogens (tertiary/aromatic N) is 1. The Morgan fingerprint density at radius 1 is 1.26 bits per heavy atom. The van der Waals surface area contributed by atoms with Crippen LogP contribution in [0.3, 0.4) is 0 Å². The van der Waals surface area contributed by atoms with Gasteiger partial charge in [0.1, 0.15) is 0 Å². The van der Waals surface area contributed by atoms with E-state index in [9.17, 15) is 0 Å². The van der Waals surface area contributed by atoms with Crippen molar-refractivity contribution in [2.24, 2.45) is 5.73 Å². The maximum atomic E-state index is 6.03. The molecule has 1 rings (SSSR count). The van der Waals surface area contributed by atoms with E-state index in [0.29, 0.717) is 6.54 Å². The summed E-state index contributed by atoms with van der Waals surface area (Å²) in [4.78, 5) is 2.39. The predicted octanol–water partition coefficient (Wildman–Crippen LogP) is 4.18. The second-order valence-electron chi connectivity index (χ2n) is 5.61. The van der Waals surface area contributed by atoms with E-state index in [0.717, 1.165) is 13.0 Å². The molecule has 0 amide bonds. The van der Waals surface area contributed by atoms with Gasteiger partial charge in [-0.1, -0.05) is 60.3 Å². The van der Waals surface area contributed by atoms with Crippen molar-refractivity contribution >= 4 is 15.9 Å². The summed E-state index contributed by atoms with van der Waals surface area (Å²) in [5.41, 5.74) is 7.44. The Balaban J connectivity index is 2.67. The molecule has 1 aromatic rings. The van der Waals surface area contributed by atoms with Crippen LogP contribution < -0.4 is 5.73 Å². The lowest BCUT2D eigenvalue weighted by atomic mass is 9.92. The van der Waals surface area contributed by atoms with E-state index < -0.39 is 0 Å². The number of benzene rings is 1. The van der Waals surface area contributed by atoms with Gasteiger partial charge in [0.2, 0.25) is 0 Å². The zero-order valence-electron chi connectivity index (χ0n) is 12.5. The molecule has 0 saturated carbocycles. The molecule has 0 aromatic heterocycles. The van der Waals surface area contributed by atoms with Gasteiger partial charge in [0, 0.05) is 23.1 Å². The van der Waals surface area contributed by atoms with Gasteiger partial charge in [-0.15, -0.1) is 0 Å². The molecule has 1 unspecified atom stereocenters. The minimum absolute atomic E-state index is 0.0877. The Kier molecular flexibility index (Phi) is 7.05. The molecular weight excluding hydrogens is 300 g/mol. The number of hydrogen-bond acceptors (Lipinski definition) is 2. The van der Waals surface area contributed by atoms with E-state index in [1.165, 1.54) is 29.3 Å². The average Bonchev–Trinajstić information content (AvgIpc) is 2.41. The van der Waals surface area contributed by atoms with Crippen LogP contribution in [-0.4, -0.2) is 24.0 Å². The van der Waals surface area contributed by atoms with Gasteiger partial charge >= 0.3 is 0 Å². The molecule has 0 aliphatic carbocycles. The molecule has 1 atom stereocenters. The molecule has 0 radical (unpaired) electrons. The molecule has 19 heavy (non-hydrogen) atoms. The van der Waals surface area contributed by atoms with Gasteiger partial charge in [0.05, 0.1) is 0 Å². The highest BCUT2D eigenvalue weighted by Crippen LogP contribution is 2.25. The summed E-state index contributed by atoms with van der Waals surface area (Å²) < 4.78 is 1.18. The van der Waals surface area contributed by atoms with Crippen molar-refractivity contribution in [1.29, 1.82) is 0 Å². The fourth-order valence-electron chi connectivity index (χ4n) is 2.28. The lowest BCUT2D eigenvalue weighted by Crippen LogP contribution is -2.49. The summed E-state index contributed by atoms with van der Waals surface area (Å²) in [6, 6.07) is 8.41. The predicted molar refractivity (Wildman–Crippen MR) is 87.2 cm³/mol. The minimum Gasteiger partial charge on any atom is -0.329 e. The van der Waals surface area contributed by atoms with E-state index in [1.807, 2.05) is 0 Å². The van der Waals surface area contributed by atoms with Gasteiger partial charge in [-0.3, -0.25) is 4.90 Å². The average molecular weight is 327 g/mol. The van der Waals surface area contributed by atoms with E-state index in [4.69, 9.17) is 5.73 Å². The summed E-state index contributed by atoms with van der Waals surface area (Å²) >= 11 is 3.62. The summed E-state index contributed by atoms with van der Waals surface area (Å²) in [7, 11) is 2.18. The lowest BCUT2D eigenvalue weighted by molar-refractivity contribution is 0.122. The van der Waals surface area contributed by atoms with Gasteiger partial charge in [0.15, 0.2) is 0 Å². The second kappa shape index (κ2) is 8.03. The third-order valence-electron chi connectivity index (χ3n) is 4.05. The standard InChI is InChI=1S/C16H27BrN2/c1-4-5-8-11-16(2,13-18)19(3)12-14-9-6-7-10-15(14)17/h6-7,9-10H,4-5,8,11-13,18H2,1-3H3. The van der Waals surface area contributed by atoms with Crippen molar-refractivity contribution in [2.75, 3.05) is 13.6 Å².